The van der Waals surface area contributed by atoms with E-state index >= 15 is 0 Å². The Hall–Kier alpha value is -1.75. The lowest BCUT2D eigenvalue weighted by Gasteiger charge is -2.22. The van der Waals surface area contributed by atoms with E-state index in [2.05, 4.69) is 5.32 Å². The van der Waals surface area contributed by atoms with Crippen LogP contribution in [-0.4, -0.2) is 37.4 Å². The second kappa shape index (κ2) is 6.80. The highest BCUT2D eigenvalue weighted by atomic mass is 16.5. The van der Waals surface area contributed by atoms with E-state index in [-0.39, 0.29) is 23.3 Å². The number of methoxy groups -OCH3 is 1. The molecule has 1 aliphatic heterocycles. The largest absolute Gasteiger partial charge is 0.504 e. The van der Waals surface area contributed by atoms with Crippen LogP contribution in [-0.2, 0) is 4.74 Å². The average Bonchev–Trinajstić information content (AvgIpc) is 3.00. The van der Waals surface area contributed by atoms with Gasteiger partial charge in [-0.2, -0.15) is 0 Å². The van der Waals surface area contributed by atoms with Crippen LogP contribution < -0.4 is 10.1 Å². The first kappa shape index (κ1) is 15.6. The van der Waals surface area contributed by atoms with Gasteiger partial charge in [-0.25, -0.2) is 0 Å². The van der Waals surface area contributed by atoms with Gasteiger partial charge in [0.25, 0.3) is 5.91 Å². The summed E-state index contributed by atoms with van der Waals surface area (Å²) in [6, 6.07) is 3.44. The van der Waals surface area contributed by atoms with E-state index in [9.17, 15) is 9.90 Å². The first-order chi connectivity index (χ1) is 10.1. The molecular weight excluding hydrogens is 270 g/mol. The van der Waals surface area contributed by atoms with Crippen LogP contribution in [0, 0.1) is 12.8 Å². The van der Waals surface area contributed by atoms with Crippen molar-refractivity contribution in [1.82, 2.24) is 5.32 Å². The van der Waals surface area contributed by atoms with Crippen molar-refractivity contribution < 1.29 is 19.4 Å². The van der Waals surface area contributed by atoms with Gasteiger partial charge < -0.3 is 19.9 Å². The lowest BCUT2D eigenvalue weighted by atomic mass is 9.96. The number of benzene rings is 1. The minimum absolute atomic E-state index is 0.0610. The first-order valence-corrected chi connectivity index (χ1v) is 7.33. The van der Waals surface area contributed by atoms with Gasteiger partial charge in [0.05, 0.1) is 19.3 Å². The van der Waals surface area contributed by atoms with E-state index in [1.165, 1.54) is 7.11 Å². The SMILES string of the molecule is CC[C@H](NC(=O)c1cc(C)cc(OC)c1O)[C@H]1CCOC1. The first-order valence-electron chi connectivity index (χ1n) is 7.33. The van der Waals surface area contributed by atoms with Gasteiger partial charge in [-0.15, -0.1) is 0 Å². The number of phenolic OH excluding ortho intramolecular Hbond substituents is 1. The molecule has 1 aromatic rings. The summed E-state index contributed by atoms with van der Waals surface area (Å²) in [7, 11) is 1.47. The van der Waals surface area contributed by atoms with E-state index in [0.29, 0.717) is 18.3 Å². The van der Waals surface area contributed by atoms with Crippen molar-refractivity contribution in [3.8, 4) is 11.5 Å². The Kier molecular flexibility index (Phi) is 5.07. The van der Waals surface area contributed by atoms with Crippen LogP contribution in [0.5, 0.6) is 11.5 Å². The van der Waals surface area contributed by atoms with E-state index in [1.54, 1.807) is 12.1 Å². The molecule has 2 N–H and O–H groups in total. The Morgan fingerprint density at radius 2 is 2.33 bits per heavy atom. The number of nitrogens with one attached hydrogen (secondary N) is 1. The molecule has 116 valence electrons. The van der Waals surface area contributed by atoms with Gasteiger partial charge in [-0.1, -0.05) is 6.92 Å². The molecule has 0 spiro atoms. The van der Waals surface area contributed by atoms with E-state index in [4.69, 9.17) is 9.47 Å². The van der Waals surface area contributed by atoms with Crippen LogP contribution in [0.2, 0.25) is 0 Å². The molecule has 1 amide bonds. The van der Waals surface area contributed by atoms with Gasteiger partial charge in [-0.3, -0.25) is 4.79 Å². The van der Waals surface area contributed by atoms with Crippen LogP contribution in [0.15, 0.2) is 12.1 Å². The monoisotopic (exact) mass is 293 g/mol. The molecule has 0 radical (unpaired) electrons. The number of carbonyl (C=O) groups excluding carboxylic acids is 1. The fourth-order valence-corrected chi connectivity index (χ4v) is 2.74. The van der Waals surface area contributed by atoms with Crippen LogP contribution >= 0.6 is 0 Å². The second-order valence-electron chi connectivity index (χ2n) is 5.48. The Bertz CT molecular complexity index is 509. The third-order valence-electron chi connectivity index (χ3n) is 3.97. The Labute approximate surface area is 125 Å². The molecule has 0 aromatic heterocycles. The van der Waals surface area contributed by atoms with Gasteiger partial charge in [-0.05, 0) is 37.5 Å². The second-order valence-corrected chi connectivity index (χ2v) is 5.48. The van der Waals surface area contributed by atoms with E-state index in [0.717, 1.165) is 25.0 Å². The molecule has 5 heteroatoms. The van der Waals surface area contributed by atoms with Crippen molar-refractivity contribution in [3.05, 3.63) is 23.3 Å². The van der Waals surface area contributed by atoms with Crippen molar-refractivity contribution >= 4 is 5.91 Å². The summed E-state index contributed by atoms with van der Waals surface area (Å²) < 4.78 is 10.5. The molecule has 1 aromatic carbocycles. The molecule has 1 aliphatic rings. The predicted molar refractivity (Wildman–Crippen MR) is 79.9 cm³/mol. The van der Waals surface area contributed by atoms with E-state index in [1.807, 2.05) is 13.8 Å². The van der Waals surface area contributed by atoms with Crippen LogP contribution in [0.4, 0.5) is 0 Å². The number of phenols is 1. The van der Waals surface area contributed by atoms with Crippen molar-refractivity contribution in [1.29, 1.82) is 0 Å². The third-order valence-corrected chi connectivity index (χ3v) is 3.97. The van der Waals surface area contributed by atoms with Crippen molar-refractivity contribution in [2.75, 3.05) is 20.3 Å². The van der Waals surface area contributed by atoms with Crippen molar-refractivity contribution in [2.24, 2.45) is 5.92 Å². The van der Waals surface area contributed by atoms with Gasteiger partial charge in [0.15, 0.2) is 11.5 Å². The molecule has 21 heavy (non-hydrogen) atoms. The van der Waals surface area contributed by atoms with Crippen LogP contribution in [0.1, 0.15) is 35.7 Å². The summed E-state index contributed by atoms with van der Waals surface area (Å²) in [4.78, 5) is 12.4. The maximum atomic E-state index is 12.4. The Balaban J connectivity index is 2.17. The number of aromatic hydroxyl groups is 1. The van der Waals surface area contributed by atoms with Crippen molar-refractivity contribution in [2.45, 2.75) is 32.7 Å². The molecule has 1 saturated heterocycles. The number of aryl methyl sites for hydroxylation is 1. The third kappa shape index (κ3) is 3.47. The number of hydrogen-bond donors (Lipinski definition) is 2. The molecule has 0 bridgehead atoms. The van der Waals surface area contributed by atoms with Gasteiger partial charge in [0.2, 0.25) is 0 Å². The summed E-state index contributed by atoms with van der Waals surface area (Å²) in [6.07, 6.45) is 1.80. The molecular formula is C16H23NO4. The number of amides is 1. The summed E-state index contributed by atoms with van der Waals surface area (Å²) in [5.74, 6) is 0.275. The minimum Gasteiger partial charge on any atom is -0.504 e. The summed E-state index contributed by atoms with van der Waals surface area (Å²) in [6.45, 7) is 5.34. The summed E-state index contributed by atoms with van der Waals surface area (Å²) in [5.41, 5.74) is 1.12. The maximum Gasteiger partial charge on any atom is 0.255 e. The molecule has 1 fully saturated rings. The molecule has 2 atom stereocenters. The summed E-state index contributed by atoms with van der Waals surface area (Å²) in [5, 5.41) is 13.1. The zero-order valence-corrected chi connectivity index (χ0v) is 12.8. The number of ether oxygens (including phenoxy) is 2. The zero-order valence-electron chi connectivity index (χ0n) is 12.8. The summed E-state index contributed by atoms with van der Waals surface area (Å²) >= 11 is 0. The molecule has 0 unspecified atom stereocenters. The van der Waals surface area contributed by atoms with Gasteiger partial charge >= 0.3 is 0 Å². The highest BCUT2D eigenvalue weighted by Crippen LogP contribution is 2.31. The molecule has 1 heterocycles. The molecule has 2 rings (SSSR count). The van der Waals surface area contributed by atoms with Gasteiger partial charge in [0.1, 0.15) is 0 Å². The number of rotatable bonds is 5. The standard InChI is InChI=1S/C16H23NO4/c1-4-13(11-5-6-21-9-11)17-16(19)12-7-10(2)8-14(20-3)15(12)18/h7-8,11,13,18H,4-6,9H2,1-3H3,(H,17,19)/t11-,13-/m0/s1. The fraction of sp³-hybridized carbons (Fsp3) is 0.562. The highest BCUT2D eigenvalue weighted by Gasteiger charge is 2.27. The quantitative estimate of drug-likeness (QED) is 0.874. The number of carbonyl (C=O) groups is 1. The van der Waals surface area contributed by atoms with Crippen molar-refractivity contribution in [3.63, 3.8) is 0 Å². The average molecular weight is 293 g/mol. The molecule has 0 aliphatic carbocycles. The molecule has 5 nitrogen and oxygen atoms in total. The van der Waals surface area contributed by atoms with Gasteiger partial charge in [0, 0.05) is 18.6 Å². The predicted octanol–water partition coefficient (Wildman–Crippen LogP) is 2.25. The minimum atomic E-state index is -0.270. The van der Waals surface area contributed by atoms with Crippen LogP contribution in [0.25, 0.3) is 0 Å². The number of hydrogen-bond acceptors (Lipinski definition) is 4. The normalized spacial score (nSPS) is 19.3. The Morgan fingerprint density at radius 3 is 2.90 bits per heavy atom. The van der Waals surface area contributed by atoms with Crippen LogP contribution in [0.3, 0.4) is 0 Å². The lowest BCUT2D eigenvalue weighted by Crippen LogP contribution is -2.40. The topological polar surface area (TPSA) is 67.8 Å². The lowest BCUT2D eigenvalue weighted by molar-refractivity contribution is 0.0911. The van der Waals surface area contributed by atoms with E-state index < -0.39 is 0 Å². The smallest absolute Gasteiger partial charge is 0.255 e. The molecule has 0 saturated carbocycles. The maximum absolute atomic E-state index is 12.4. The zero-order chi connectivity index (χ0) is 15.4. The Morgan fingerprint density at radius 1 is 1.57 bits per heavy atom. The highest BCUT2D eigenvalue weighted by molar-refractivity contribution is 5.98. The fourth-order valence-electron chi connectivity index (χ4n) is 2.74.